The molecule has 0 radical (unpaired) electrons. The molecule has 2 aromatic rings. The molecule has 0 saturated carbocycles. The lowest BCUT2D eigenvalue weighted by molar-refractivity contribution is -0.122. The van der Waals surface area contributed by atoms with E-state index in [-0.39, 0.29) is 17.6 Å². The Morgan fingerprint density at radius 1 is 1.29 bits per heavy atom. The Labute approximate surface area is 123 Å². The molecule has 2 amide bonds. The summed E-state index contributed by atoms with van der Waals surface area (Å²) in [5, 5.41) is 6.32. The minimum atomic E-state index is -0.600. The molecule has 112 valence electrons. The third kappa shape index (κ3) is 3.24. The lowest BCUT2D eigenvalue weighted by Gasteiger charge is -2.13. The largest absolute Gasteiger partial charge is 0.451 e. The Morgan fingerprint density at radius 3 is 2.67 bits per heavy atom. The summed E-state index contributed by atoms with van der Waals surface area (Å²) in [6.45, 7) is 6.06. The maximum absolute atomic E-state index is 12.2. The molecule has 1 heterocycles. The molecule has 0 saturated heterocycles. The van der Waals surface area contributed by atoms with Crippen LogP contribution in [0, 0.1) is 6.92 Å². The molecule has 0 aliphatic rings. The number of rotatable bonds is 5. The molecular formula is C16H20N2O3. The number of benzene rings is 1. The van der Waals surface area contributed by atoms with Crippen molar-refractivity contribution in [1.29, 1.82) is 0 Å². The van der Waals surface area contributed by atoms with Crippen molar-refractivity contribution in [2.75, 3.05) is 6.54 Å². The van der Waals surface area contributed by atoms with Gasteiger partial charge in [-0.15, -0.1) is 0 Å². The highest BCUT2D eigenvalue weighted by atomic mass is 16.3. The molecule has 0 aliphatic heterocycles. The van der Waals surface area contributed by atoms with Gasteiger partial charge in [-0.2, -0.15) is 0 Å². The second kappa shape index (κ2) is 6.43. The van der Waals surface area contributed by atoms with Gasteiger partial charge in [-0.1, -0.05) is 25.1 Å². The van der Waals surface area contributed by atoms with Gasteiger partial charge in [-0.05, 0) is 26.3 Å². The molecule has 0 bridgehead atoms. The van der Waals surface area contributed by atoms with Crippen molar-refractivity contribution >= 4 is 22.8 Å². The maximum atomic E-state index is 12.2. The molecular weight excluding hydrogens is 268 g/mol. The summed E-state index contributed by atoms with van der Waals surface area (Å²) in [4.78, 5) is 24.0. The molecule has 21 heavy (non-hydrogen) atoms. The summed E-state index contributed by atoms with van der Waals surface area (Å²) in [5.74, 6) is -0.312. The van der Waals surface area contributed by atoms with E-state index in [1.165, 1.54) is 0 Å². The van der Waals surface area contributed by atoms with Crippen LogP contribution in [0.5, 0.6) is 0 Å². The first kappa shape index (κ1) is 15.1. The average molecular weight is 288 g/mol. The van der Waals surface area contributed by atoms with E-state index in [9.17, 15) is 9.59 Å². The fraction of sp³-hybridized carbons (Fsp3) is 0.375. The monoisotopic (exact) mass is 288 g/mol. The molecule has 2 rings (SSSR count). The summed E-state index contributed by atoms with van der Waals surface area (Å²) in [7, 11) is 0. The lowest BCUT2D eigenvalue weighted by Crippen LogP contribution is -2.45. The molecule has 1 atom stereocenters. The van der Waals surface area contributed by atoms with Crippen LogP contribution in [0.15, 0.2) is 28.7 Å². The van der Waals surface area contributed by atoms with Gasteiger partial charge in [0.15, 0.2) is 5.76 Å². The van der Waals surface area contributed by atoms with E-state index in [1.54, 1.807) is 6.92 Å². The number of furan rings is 1. The van der Waals surface area contributed by atoms with Gasteiger partial charge in [-0.3, -0.25) is 9.59 Å². The van der Waals surface area contributed by atoms with Gasteiger partial charge >= 0.3 is 0 Å². The zero-order chi connectivity index (χ0) is 15.4. The van der Waals surface area contributed by atoms with E-state index in [1.807, 2.05) is 38.1 Å². The third-order valence-corrected chi connectivity index (χ3v) is 3.34. The first-order valence-corrected chi connectivity index (χ1v) is 7.11. The van der Waals surface area contributed by atoms with E-state index in [0.717, 1.165) is 17.4 Å². The topological polar surface area (TPSA) is 71.3 Å². The standard InChI is InChI=1S/C16H20N2O3/c1-4-9-17-15(19)11(3)18-16(20)14-10(2)12-7-5-6-8-13(12)21-14/h5-8,11H,4,9H2,1-3H3,(H,17,19)(H,18,20)/t11-/m0/s1. The predicted octanol–water partition coefficient (Wildman–Crippen LogP) is 2.39. The molecule has 1 aromatic heterocycles. The molecule has 1 aromatic carbocycles. The second-order valence-corrected chi connectivity index (χ2v) is 5.04. The number of carbonyl (C=O) groups excluding carboxylic acids is 2. The van der Waals surface area contributed by atoms with E-state index >= 15 is 0 Å². The van der Waals surface area contributed by atoms with Crippen LogP contribution in [-0.2, 0) is 4.79 Å². The first-order valence-electron chi connectivity index (χ1n) is 7.11. The minimum absolute atomic E-state index is 0.195. The Morgan fingerprint density at radius 2 is 2.00 bits per heavy atom. The summed E-state index contributed by atoms with van der Waals surface area (Å²) in [6, 6.07) is 6.87. The van der Waals surface area contributed by atoms with E-state index in [0.29, 0.717) is 12.1 Å². The van der Waals surface area contributed by atoms with Crippen molar-refractivity contribution in [2.24, 2.45) is 0 Å². The highest BCUT2D eigenvalue weighted by Crippen LogP contribution is 2.24. The molecule has 0 spiro atoms. The van der Waals surface area contributed by atoms with Crippen LogP contribution < -0.4 is 10.6 Å². The first-order chi connectivity index (χ1) is 10.0. The van der Waals surface area contributed by atoms with Crippen molar-refractivity contribution in [3.05, 3.63) is 35.6 Å². The number of aryl methyl sites for hydroxylation is 1. The van der Waals surface area contributed by atoms with Gasteiger partial charge in [0.1, 0.15) is 11.6 Å². The maximum Gasteiger partial charge on any atom is 0.287 e. The van der Waals surface area contributed by atoms with Crippen molar-refractivity contribution < 1.29 is 14.0 Å². The van der Waals surface area contributed by atoms with Crippen LogP contribution in [0.3, 0.4) is 0 Å². The second-order valence-electron chi connectivity index (χ2n) is 5.04. The van der Waals surface area contributed by atoms with Gasteiger partial charge in [0.2, 0.25) is 5.91 Å². The number of hydrogen-bond acceptors (Lipinski definition) is 3. The summed E-state index contributed by atoms with van der Waals surface area (Å²) in [5.41, 5.74) is 1.45. The number of hydrogen-bond donors (Lipinski definition) is 2. The summed E-state index contributed by atoms with van der Waals surface area (Å²) in [6.07, 6.45) is 0.856. The number of amides is 2. The van der Waals surface area contributed by atoms with Crippen molar-refractivity contribution in [2.45, 2.75) is 33.2 Å². The molecule has 0 unspecified atom stereocenters. The van der Waals surface area contributed by atoms with Gasteiger partial charge < -0.3 is 15.1 Å². The Balaban J connectivity index is 2.12. The van der Waals surface area contributed by atoms with E-state index in [2.05, 4.69) is 10.6 Å². The van der Waals surface area contributed by atoms with Crippen molar-refractivity contribution in [1.82, 2.24) is 10.6 Å². The quantitative estimate of drug-likeness (QED) is 0.887. The zero-order valence-electron chi connectivity index (χ0n) is 12.5. The third-order valence-electron chi connectivity index (χ3n) is 3.34. The van der Waals surface area contributed by atoms with Gasteiger partial charge in [0.25, 0.3) is 5.91 Å². The molecule has 5 heteroatoms. The van der Waals surface area contributed by atoms with Crippen LogP contribution in [0.2, 0.25) is 0 Å². The number of para-hydroxylation sites is 1. The van der Waals surface area contributed by atoms with Crippen molar-refractivity contribution in [3.8, 4) is 0 Å². The van der Waals surface area contributed by atoms with Crippen molar-refractivity contribution in [3.63, 3.8) is 0 Å². The van der Waals surface area contributed by atoms with E-state index < -0.39 is 6.04 Å². The molecule has 0 fully saturated rings. The van der Waals surface area contributed by atoms with Crippen LogP contribution in [-0.4, -0.2) is 24.4 Å². The lowest BCUT2D eigenvalue weighted by atomic mass is 10.1. The van der Waals surface area contributed by atoms with Gasteiger partial charge in [0.05, 0.1) is 0 Å². The summed E-state index contributed by atoms with van der Waals surface area (Å²) < 4.78 is 5.58. The Bertz CT molecular complexity index is 661. The fourth-order valence-corrected chi connectivity index (χ4v) is 2.12. The molecule has 2 N–H and O–H groups in total. The normalized spacial score (nSPS) is 12.1. The molecule has 0 aliphatic carbocycles. The Kier molecular flexibility index (Phi) is 4.62. The number of carbonyl (C=O) groups is 2. The fourth-order valence-electron chi connectivity index (χ4n) is 2.12. The van der Waals surface area contributed by atoms with Gasteiger partial charge in [0, 0.05) is 17.5 Å². The molecule has 5 nitrogen and oxygen atoms in total. The van der Waals surface area contributed by atoms with Gasteiger partial charge in [-0.25, -0.2) is 0 Å². The average Bonchev–Trinajstić information content (AvgIpc) is 2.82. The minimum Gasteiger partial charge on any atom is -0.451 e. The summed E-state index contributed by atoms with van der Waals surface area (Å²) >= 11 is 0. The highest BCUT2D eigenvalue weighted by Gasteiger charge is 2.21. The number of fused-ring (bicyclic) bond motifs is 1. The number of nitrogens with one attached hydrogen (secondary N) is 2. The SMILES string of the molecule is CCCNC(=O)[C@H](C)NC(=O)c1oc2ccccc2c1C. The Hall–Kier alpha value is -2.30. The van der Waals surface area contributed by atoms with Crippen LogP contribution >= 0.6 is 0 Å². The smallest absolute Gasteiger partial charge is 0.287 e. The van der Waals surface area contributed by atoms with E-state index in [4.69, 9.17) is 4.42 Å². The highest BCUT2D eigenvalue weighted by molar-refractivity contribution is 6.00. The zero-order valence-corrected chi connectivity index (χ0v) is 12.5. The van der Waals surface area contributed by atoms with Crippen LogP contribution in [0.25, 0.3) is 11.0 Å². The van der Waals surface area contributed by atoms with Crippen LogP contribution in [0.4, 0.5) is 0 Å². The predicted molar refractivity (Wildman–Crippen MR) is 81.2 cm³/mol. The van der Waals surface area contributed by atoms with Crippen LogP contribution in [0.1, 0.15) is 36.4 Å².